The Bertz CT molecular complexity index is 460. The van der Waals surface area contributed by atoms with Gasteiger partial charge in [-0.25, -0.2) is 0 Å². The highest BCUT2D eigenvalue weighted by Gasteiger charge is 2.04. The lowest BCUT2D eigenvalue weighted by Crippen LogP contribution is -2.39. The fraction of sp³-hybridized carbons (Fsp3) is 0.500. The van der Waals surface area contributed by atoms with Crippen molar-refractivity contribution >= 4 is 29.9 Å². The lowest BCUT2D eigenvalue weighted by atomic mass is 10.1. The zero-order valence-corrected chi connectivity index (χ0v) is 16.6. The smallest absolute Gasteiger partial charge is 0.193 e. The number of hydrogen-bond acceptors (Lipinski definition) is 2. The second-order valence-corrected chi connectivity index (χ2v) is 5.36. The predicted octanol–water partition coefficient (Wildman–Crippen LogP) is 3.81. The number of halogens is 1. The molecule has 4 nitrogen and oxygen atoms in total. The molecule has 130 valence electrons. The first-order valence-corrected chi connectivity index (χ1v) is 8.05. The van der Waals surface area contributed by atoms with E-state index in [-0.39, 0.29) is 24.0 Å². The highest BCUT2D eigenvalue weighted by molar-refractivity contribution is 14.0. The van der Waals surface area contributed by atoms with Crippen molar-refractivity contribution < 1.29 is 5.11 Å². The Labute approximate surface area is 157 Å². The van der Waals surface area contributed by atoms with E-state index in [0.717, 1.165) is 51.3 Å². The number of unbranched alkanes of at least 4 members (excludes halogenated alkanes) is 1. The van der Waals surface area contributed by atoms with Gasteiger partial charge in [-0.05, 0) is 50.3 Å². The monoisotopic (exact) mass is 431 g/mol. The van der Waals surface area contributed by atoms with Gasteiger partial charge in [0.2, 0.25) is 0 Å². The number of benzene rings is 1. The number of nitrogens with zero attached hydrogens (tertiary/aromatic N) is 2. The van der Waals surface area contributed by atoms with Gasteiger partial charge in [-0.15, -0.1) is 30.6 Å². The first kappa shape index (κ1) is 21.8. The molecule has 0 radical (unpaired) electrons. The standard InChI is InChI=1S/C18H29N3O.HI/c1-4-6-7-15-21(3)18(19-5-2)20-14-8-9-16-10-12-17(22)13-11-16;/h4,10-13,22H,1,5-9,14-15H2,2-3H3,(H,19,20);1H. The van der Waals surface area contributed by atoms with E-state index in [4.69, 9.17) is 0 Å². The summed E-state index contributed by atoms with van der Waals surface area (Å²) >= 11 is 0. The minimum atomic E-state index is 0. The summed E-state index contributed by atoms with van der Waals surface area (Å²) in [7, 11) is 2.07. The van der Waals surface area contributed by atoms with Crippen molar-refractivity contribution in [2.45, 2.75) is 32.6 Å². The molecule has 5 heteroatoms. The molecule has 1 aromatic rings. The van der Waals surface area contributed by atoms with E-state index in [1.54, 1.807) is 12.1 Å². The van der Waals surface area contributed by atoms with E-state index in [0.29, 0.717) is 5.75 Å². The van der Waals surface area contributed by atoms with Crippen LogP contribution in [0, 0.1) is 0 Å². The third kappa shape index (κ3) is 9.48. The molecule has 0 saturated heterocycles. The van der Waals surface area contributed by atoms with Crippen LogP contribution in [-0.2, 0) is 6.42 Å². The van der Waals surface area contributed by atoms with Crippen molar-refractivity contribution in [2.75, 3.05) is 26.7 Å². The Morgan fingerprint density at radius 1 is 1.30 bits per heavy atom. The summed E-state index contributed by atoms with van der Waals surface area (Å²) in [5, 5.41) is 12.6. The Morgan fingerprint density at radius 3 is 2.61 bits per heavy atom. The highest BCUT2D eigenvalue weighted by Crippen LogP contribution is 2.11. The minimum absolute atomic E-state index is 0. The van der Waals surface area contributed by atoms with Crippen LogP contribution in [0.3, 0.4) is 0 Å². The van der Waals surface area contributed by atoms with Crippen LogP contribution in [0.2, 0.25) is 0 Å². The number of aliphatic imine (C=N–C) groups is 1. The summed E-state index contributed by atoms with van der Waals surface area (Å²) in [5.41, 5.74) is 1.23. The Kier molecular flexibility index (Phi) is 12.5. The van der Waals surface area contributed by atoms with Gasteiger partial charge in [0.25, 0.3) is 0 Å². The Balaban J connectivity index is 0.00000484. The molecule has 0 atom stereocenters. The molecule has 1 aromatic carbocycles. The fourth-order valence-corrected chi connectivity index (χ4v) is 2.18. The first-order chi connectivity index (χ1) is 10.7. The van der Waals surface area contributed by atoms with Crippen LogP contribution < -0.4 is 5.32 Å². The van der Waals surface area contributed by atoms with Gasteiger partial charge in [0, 0.05) is 26.7 Å². The number of nitrogens with one attached hydrogen (secondary N) is 1. The molecule has 0 aliphatic carbocycles. The largest absolute Gasteiger partial charge is 0.508 e. The van der Waals surface area contributed by atoms with Gasteiger partial charge in [-0.3, -0.25) is 4.99 Å². The van der Waals surface area contributed by atoms with Crippen LogP contribution in [0.4, 0.5) is 0 Å². The molecule has 23 heavy (non-hydrogen) atoms. The molecule has 0 saturated carbocycles. The fourth-order valence-electron chi connectivity index (χ4n) is 2.18. The van der Waals surface area contributed by atoms with Crippen molar-refractivity contribution in [1.82, 2.24) is 10.2 Å². The summed E-state index contributed by atoms with van der Waals surface area (Å²) in [6.07, 6.45) is 6.06. The number of phenols is 1. The second kappa shape index (κ2) is 13.2. The van der Waals surface area contributed by atoms with E-state index in [1.165, 1.54) is 5.56 Å². The average Bonchev–Trinajstić information content (AvgIpc) is 2.52. The van der Waals surface area contributed by atoms with Crippen molar-refractivity contribution in [2.24, 2.45) is 4.99 Å². The van der Waals surface area contributed by atoms with Gasteiger partial charge < -0.3 is 15.3 Å². The van der Waals surface area contributed by atoms with Crippen molar-refractivity contribution in [3.05, 3.63) is 42.5 Å². The van der Waals surface area contributed by atoms with Crippen LogP contribution in [0.15, 0.2) is 41.9 Å². The number of rotatable bonds is 9. The van der Waals surface area contributed by atoms with E-state index >= 15 is 0 Å². The molecule has 0 aromatic heterocycles. The SMILES string of the molecule is C=CCCCN(C)C(=NCCCc1ccc(O)cc1)NCC.I. The van der Waals surface area contributed by atoms with E-state index < -0.39 is 0 Å². The molecule has 0 bridgehead atoms. The third-order valence-corrected chi connectivity index (χ3v) is 3.42. The molecule has 0 aliphatic heterocycles. The molecule has 0 amide bonds. The van der Waals surface area contributed by atoms with Crippen LogP contribution in [0.25, 0.3) is 0 Å². The maximum atomic E-state index is 9.27. The zero-order chi connectivity index (χ0) is 16.2. The Hall–Kier alpha value is -1.24. The summed E-state index contributed by atoms with van der Waals surface area (Å²) < 4.78 is 0. The van der Waals surface area contributed by atoms with Crippen molar-refractivity contribution in [3.63, 3.8) is 0 Å². The highest BCUT2D eigenvalue weighted by atomic mass is 127. The van der Waals surface area contributed by atoms with Crippen molar-refractivity contribution in [3.8, 4) is 5.75 Å². The molecule has 0 fully saturated rings. The quantitative estimate of drug-likeness (QED) is 0.206. The predicted molar refractivity (Wildman–Crippen MR) is 110 cm³/mol. The first-order valence-electron chi connectivity index (χ1n) is 8.05. The summed E-state index contributed by atoms with van der Waals surface area (Å²) in [5.74, 6) is 1.29. The minimum Gasteiger partial charge on any atom is -0.508 e. The molecule has 0 spiro atoms. The maximum absolute atomic E-state index is 9.27. The second-order valence-electron chi connectivity index (χ2n) is 5.36. The lowest BCUT2D eigenvalue weighted by Gasteiger charge is -2.21. The van der Waals surface area contributed by atoms with E-state index in [9.17, 15) is 5.11 Å². The molecule has 0 unspecified atom stereocenters. The van der Waals surface area contributed by atoms with Crippen LogP contribution in [0.5, 0.6) is 5.75 Å². The topological polar surface area (TPSA) is 47.9 Å². The van der Waals surface area contributed by atoms with Crippen LogP contribution in [0.1, 0.15) is 31.7 Å². The average molecular weight is 431 g/mol. The number of hydrogen-bond donors (Lipinski definition) is 2. The summed E-state index contributed by atoms with van der Waals surface area (Å²) in [6.45, 7) is 8.50. The van der Waals surface area contributed by atoms with Gasteiger partial charge in [0.1, 0.15) is 5.75 Å². The molecular weight excluding hydrogens is 401 g/mol. The number of guanidine groups is 1. The van der Waals surface area contributed by atoms with Gasteiger partial charge in [-0.1, -0.05) is 18.2 Å². The number of phenolic OH excluding ortho intramolecular Hbond substituents is 1. The zero-order valence-electron chi connectivity index (χ0n) is 14.3. The van der Waals surface area contributed by atoms with E-state index in [1.807, 2.05) is 18.2 Å². The molecular formula is C18H30IN3O. The number of allylic oxidation sites excluding steroid dienone is 1. The van der Waals surface area contributed by atoms with Crippen LogP contribution in [-0.4, -0.2) is 42.6 Å². The van der Waals surface area contributed by atoms with Gasteiger partial charge >= 0.3 is 0 Å². The van der Waals surface area contributed by atoms with Gasteiger partial charge in [0.15, 0.2) is 5.96 Å². The van der Waals surface area contributed by atoms with Crippen LogP contribution >= 0.6 is 24.0 Å². The molecule has 1 rings (SSSR count). The van der Waals surface area contributed by atoms with E-state index in [2.05, 4.69) is 35.8 Å². The molecule has 2 N–H and O–H groups in total. The summed E-state index contributed by atoms with van der Waals surface area (Å²) in [4.78, 5) is 6.86. The molecule has 0 aliphatic rings. The maximum Gasteiger partial charge on any atom is 0.193 e. The van der Waals surface area contributed by atoms with Gasteiger partial charge in [0.05, 0.1) is 0 Å². The normalized spacial score (nSPS) is 10.8. The van der Waals surface area contributed by atoms with Crippen molar-refractivity contribution in [1.29, 1.82) is 0 Å². The van der Waals surface area contributed by atoms with Gasteiger partial charge in [-0.2, -0.15) is 0 Å². The summed E-state index contributed by atoms with van der Waals surface area (Å²) in [6, 6.07) is 7.39. The number of aryl methyl sites for hydroxylation is 1. The lowest BCUT2D eigenvalue weighted by molar-refractivity contribution is 0.469. The number of aromatic hydroxyl groups is 1. The molecule has 0 heterocycles. The third-order valence-electron chi connectivity index (χ3n) is 3.42. The Morgan fingerprint density at radius 2 is 2.00 bits per heavy atom.